The molecule has 52 heavy (non-hydrogen) atoms. The van der Waals surface area contributed by atoms with Gasteiger partial charge in [0.05, 0.1) is 62.5 Å². The number of hydrogen-bond donors (Lipinski definition) is 2. The molecule has 0 bridgehead atoms. The van der Waals surface area contributed by atoms with Gasteiger partial charge in [-0.3, -0.25) is 19.1 Å². The van der Waals surface area contributed by atoms with E-state index in [1.54, 1.807) is 11.0 Å². The second-order valence-corrected chi connectivity index (χ2v) is 13.8. The molecular weight excluding hydrogens is 717 g/mol. The summed E-state index contributed by atoms with van der Waals surface area (Å²) in [5.74, 6) is -3.13. The monoisotopic (exact) mass is 759 g/mol. The molecule has 3 heterocycles. The SMILES string of the molecule is CCC(CC[NH+](C)C)C(=O)N1CCN(C(=O)c2ccc(NC(=O)c3ncc(-c4ccc(-c5cnn(CCOC)c5Cl)c(F)c4F)n3C)cc2Cl)CC1. The molecule has 0 saturated carbocycles. The summed E-state index contributed by atoms with van der Waals surface area (Å²) in [6.07, 6.45) is 4.23. The molecule has 4 aromatic rings. The Labute approximate surface area is 311 Å². The van der Waals surface area contributed by atoms with Crippen molar-refractivity contribution in [2.45, 2.75) is 26.3 Å². The molecule has 0 radical (unpaired) electrons. The van der Waals surface area contributed by atoms with E-state index in [1.165, 1.54) is 65.0 Å². The predicted molar refractivity (Wildman–Crippen MR) is 195 cm³/mol. The van der Waals surface area contributed by atoms with Gasteiger partial charge in [-0.1, -0.05) is 36.2 Å². The van der Waals surface area contributed by atoms with Crippen LogP contribution in [0.5, 0.6) is 0 Å². The van der Waals surface area contributed by atoms with Gasteiger partial charge in [-0.15, -0.1) is 0 Å². The maximum Gasteiger partial charge on any atom is 0.291 e. The van der Waals surface area contributed by atoms with Crippen LogP contribution in [0.25, 0.3) is 22.4 Å². The molecule has 2 N–H and O–H groups in total. The molecule has 1 aliphatic rings. The van der Waals surface area contributed by atoms with E-state index in [-0.39, 0.29) is 61.7 Å². The van der Waals surface area contributed by atoms with E-state index in [0.717, 1.165) is 19.4 Å². The zero-order valence-electron chi connectivity index (χ0n) is 29.8. The minimum absolute atomic E-state index is 0.0309. The summed E-state index contributed by atoms with van der Waals surface area (Å²) in [6.45, 7) is 5.29. The van der Waals surface area contributed by atoms with Gasteiger partial charge in [0.1, 0.15) is 5.15 Å². The van der Waals surface area contributed by atoms with Crippen molar-refractivity contribution in [3.05, 3.63) is 75.9 Å². The Bertz CT molecular complexity index is 1940. The number of quaternary nitrogens is 1. The van der Waals surface area contributed by atoms with Gasteiger partial charge in [-0.05, 0) is 30.7 Å². The second kappa shape index (κ2) is 17.0. The summed E-state index contributed by atoms with van der Waals surface area (Å²) in [4.78, 5) is 48.7. The first-order chi connectivity index (χ1) is 24.9. The van der Waals surface area contributed by atoms with Crippen LogP contribution in [0, 0.1) is 17.6 Å². The van der Waals surface area contributed by atoms with Crippen molar-refractivity contribution in [1.29, 1.82) is 0 Å². The summed E-state index contributed by atoms with van der Waals surface area (Å²) in [7, 11) is 7.18. The Morgan fingerprint density at radius 1 is 0.981 bits per heavy atom. The smallest absolute Gasteiger partial charge is 0.291 e. The normalized spacial score (nSPS) is 13.9. The number of rotatable bonds is 13. The number of halogens is 4. The molecule has 0 spiro atoms. The molecule has 0 aliphatic carbocycles. The van der Waals surface area contributed by atoms with Crippen LogP contribution in [0.4, 0.5) is 14.5 Å². The summed E-state index contributed by atoms with van der Waals surface area (Å²) in [6, 6.07) is 7.33. The van der Waals surface area contributed by atoms with E-state index in [1.807, 2.05) is 11.8 Å². The van der Waals surface area contributed by atoms with Gasteiger partial charge in [-0.25, -0.2) is 13.8 Å². The first kappa shape index (κ1) is 38.9. The molecule has 2 aromatic carbocycles. The highest BCUT2D eigenvalue weighted by molar-refractivity contribution is 6.34. The van der Waals surface area contributed by atoms with Crippen molar-refractivity contribution < 1.29 is 32.8 Å². The van der Waals surface area contributed by atoms with E-state index in [4.69, 9.17) is 27.9 Å². The lowest BCUT2D eigenvalue weighted by atomic mass is 10.00. The Balaban J connectivity index is 1.23. The first-order valence-electron chi connectivity index (χ1n) is 17.0. The number of benzene rings is 2. The largest absolute Gasteiger partial charge is 0.383 e. The van der Waals surface area contributed by atoms with Crippen LogP contribution in [0.2, 0.25) is 10.2 Å². The van der Waals surface area contributed by atoms with Crippen LogP contribution < -0.4 is 10.2 Å². The zero-order chi connectivity index (χ0) is 37.7. The number of anilines is 1. The average Bonchev–Trinajstić information content (AvgIpc) is 3.69. The van der Waals surface area contributed by atoms with Crippen LogP contribution in [-0.2, 0) is 23.1 Å². The summed E-state index contributed by atoms with van der Waals surface area (Å²) in [5, 5.41) is 7.12. The Hall–Kier alpha value is -4.37. The Morgan fingerprint density at radius 2 is 1.65 bits per heavy atom. The molecule has 1 atom stereocenters. The number of methoxy groups -OCH3 is 1. The molecule has 3 amide bonds. The number of piperazine rings is 1. The lowest BCUT2D eigenvalue weighted by molar-refractivity contribution is -0.858. The van der Waals surface area contributed by atoms with Gasteiger partial charge in [0.25, 0.3) is 11.8 Å². The molecule has 12 nitrogen and oxygen atoms in total. The van der Waals surface area contributed by atoms with Crippen molar-refractivity contribution in [3.8, 4) is 22.4 Å². The molecule has 16 heteroatoms. The first-order valence-corrected chi connectivity index (χ1v) is 17.8. The van der Waals surface area contributed by atoms with E-state index in [0.29, 0.717) is 45.0 Å². The number of ether oxygens (including phenoxy) is 1. The number of aromatic nitrogens is 4. The van der Waals surface area contributed by atoms with E-state index in [9.17, 15) is 14.4 Å². The maximum atomic E-state index is 15.5. The summed E-state index contributed by atoms with van der Waals surface area (Å²) in [5.41, 5.74) is 0.789. The van der Waals surface area contributed by atoms with Crippen LogP contribution in [0.3, 0.4) is 0 Å². The standard InChI is InChI=1S/C36H42Cl2F2N8O4/c1-6-22(11-12-44(2)3)35(50)46-13-15-47(16-14-46)36(51)25-8-7-23(19-28(25)37)43-34(49)33-41-21-29(45(33)4)26-10-9-24(30(39)31(26)40)27-20-42-48(32(27)38)17-18-52-5/h7-10,19-22H,6,11-18H2,1-5H3,(H,43,49)/p+1. The van der Waals surface area contributed by atoms with Gasteiger partial charge in [0.2, 0.25) is 5.91 Å². The number of nitrogens with one attached hydrogen (secondary N) is 2. The van der Waals surface area contributed by atoms with Crippen LogP contribution in [0.15, 0.2) is 42.7 Å². The van der Waals surface area contributed by atoms with Crippen LogP contribution >= 0.6 is 23.2 Å². The molecular formula is C36H43Cl2F2N8O4+. The minimum Gasteiger partial charge on any atom is -0.383 e. The molecule has 1 aliphatic heterocycles. The molecule has 2 aromatic heterocycles. The van der Waals surface area contributed by atoms with Crippen LogP contribution in [0.1, 0.15) is 40.7 Å². The van der Waals surface area contributed by atoms with Crippen molar-refractivity contribution in [2.24, 2.45) is 13.0 Å². The van der Waals surface area contributed by atoms with Gasteiger partial charge in [0, 0.05) is 75.1 Å². The second-order valence-electron chi connectivity index (χ2n) is 13.0. The fourth-order valence-corrected chi connectivity index (χ4v) is 6.73. The summed E-state index contributed by atoms with van der Waals surface area (Å²) < 4.78 is 38.7. The lowest BCUT2D eigenvalue weighted by Gasteiger charge is -2.36. The summed E-state index contributed by atoms with van der Waals surface area (Å²) >= 11 is 12.9. The highest BCUT2D eigenvalue weighted by Gasteiger charge is 2.30. The number of nitrogens with zero attached hydrogens (tertiary/aromatic N) is 6. The minimum atomic E-state index is -1.14. The molecule has 5 rings (SSSR count). The zero-order valence-corrected chi connectivity index (χ0v) is 31.3. The van der Waals surface area contributed by atoms with E-state index in [2.05, 4.69) is 29.5 Å². The van der Waals surface area contributed by atoms with Gasteiger partial charge in [-0.2, -0.15) is 5.10 Å². The van der Waals surface area contributed by atoms with E-state index < -0.39 is 17.5 Å². The predicted octanol–water partition coefficient (Wildman–Crippen LogP) is 4.28. The topological polar surface area (TPSA) is 119 Å². The third-order valence-corrected chi connectivity index (χ3v) is 10.0. The Kier molecular flexibility index (Phi) is 12.7. The van der Waals surface area contributed by atoms with Gasteiger partial charge in [0.15, 0.2) is 17.5 Å². The van der Waals surface area contributed by atoms with Gasteiger partial charge >= 0.3 is 0 Å². The van der Waals surface area contributed by atoms with Crippen molar-refractivity contribution in [2.75, 3.05) is 65.9 Å². The van der Waals surface area contributed by atoms with Crippen LogP contribution in [-0.4, -0.2) is 107 Å². The van der Waals surface area contributed by atoms with Crippen molar-refractivity contribution in [3.63, 3.8) is 0 Å². The number of amides is 3. The molecule has 1 saturated heterocycles. The highest BCUT2D eigenvalue weighted by Crippen LogP contribution is 2.35. The molecule has 1 fully saturated rings. The van der Waals surface area contributed by atoms with Crippen molar-refractivity contribution in [1.82, 2.24) is 29.1 Å². The molecule has 278 valence electrons. The number of imidazole rings is 1. The maximum absolute atomic E-state index is 15.5. The average molecular weight is 761 g/mol. The highest BCUT2D eigenvalue weighted by atomic mass is 35.5. The number of hydrogen-bond acceptors (Lipinski definition) is 6. The third-order valence-electron chi connectivity index (χ3n) is 9.29. The quantitative estimate of drug-likeness (QED) is 0.210. The Morgan fingerprint density at radius 3 is 2.31 bits per heavy atom. The molecule has 1 unspecified atom stereocenters. The number of carbonyl (C=O) groups excluding carboxylic acids is 3. The fraction of sp³-hybridized carbons (Fsp3) is 0.417. The van der Waals surface area contributed by atoms with E-state index >= 15 is 8.78 Å². The lowest BCUT2D eigenvalue weighted by Crippen LogP contribution is -3.05. The fourth-order valence-electron chi connectivity index (χ4n) is 6.19. The van der Waals surface area contributed by atoms with Crippen molar-refractivity contribution >= 4 is 46.6 Å². The third kappa shape index (κ3) is 8.30. The van der Waals surface area contributed by atoms with Gasteiger partial charge < -0.3 is 29.3 Å². The number of carbonyl (C=O) groups is 3.